The van der Waals surface area contributed by atoms with Crippen LogP contribution in [-0.2, 0) is 11.1 Å². The van der Waals surface area contributed by atoms with Gasteiger partial charge in [0.05, 0.1) is 5.52 Å². The molecule has 2 fully saturated rings. The molecule has 3 aromatic rings. The first-order valence-electron chi connectivity index (χ1n) is 10.8. The van der Waals surface area contributed by atoms with E-state index in [2.05, 4.69) is 0 Å². The van der Waals surface area contributed by atoms with Crippen LogP contribution in [0.4, 0.5) is 13.2 Å². The lowest BCUT2D eigenvalue weighted by Gasteiger charge is -2.35. The number of carbonyl (C=O) groups excluding carboxylic acids is 2. The standard InChI is InChI=1S/C24H22F3N3O3/c25-24(26,27)30-10-7-19-15-18(5-6-20(19)30)16-1-3-17(4-2-16)21(31)28-11-13-29(14-12-28)22(32)23(33)8-9-23/h1-7,10,15,33H,8-9,11-14H2. The topological polar surface area (TPSA) is 65.8 Å². The molecule has 0 bridgehead atoms. The second-order valence-electron chi connectivity index (χ2n) is 8.62. The first kappa shape index (κ1) is 21.5. The summed E-state index contributed by atoms with van der Waals surface area (Å²) in [6.45, 7) is 1.58. The Hall–Kier alpha value is -3.33. The van der Waals surface area contributed by atoms with Crippen molar-refractivity contribution in [1.82, 2.24) is 14.4 Å². The summed E-state index contributed by atoms with van der Waals surface area (Å²) in [6.07, 6.45) is -2.47. The summed E-state index contributed by atoms with van der Waals surface area (Å²) in [7, 11) is 0. The lowest BCUT2D eigenvalue weighted by molar-refractivity contribution is -0.200. The van der Waals surface area contributed by atoms with E-state index in [1.54, 1.807) is 46.2 Å². The van der Waals surface area contributed by atoms with Crippen LogP contribution in [0.25, 0.3) is 22.0 Å². The molecule has 2 heterocycles. The van der Waals surface area contributed by atoms with Crippen molar-refractivity contribution < 1.29 is 27.9 Å². The predicted molar refractivity (Wildman–Crippen MR) is 115 cm³/mol. The van der Waals surface area contributed by atoms with Crippen LogP contribution in [0.5, 0.6) is 0 Å². The summed E-state index contributed by atoms with van der Waals surface area (Å²) < 4.78 is 39.5. The Balaban J connectivity index is 1.27. The van der Waals surface area contributed by atoms with Gasteiger partial charge in [-0.05, 0) is 54.3 Å². The Bertz CT molecular complexity index is 1220. The number of hydrogen-bond donors (Lipinski definition) is 1. The van der Waals surface area contributed by atoms with E-state index < -0.39 is 11.9 Å². The lowest BCUT2D eigenvalue weighted by atomic mass is 10.0. The highest BCUT2D eigenvalue weighted by molar-refractivity contribution is 5.95. The number of aromatic nitrogens is 1. The van der Waals surface area contributed by atoms with Crippen LogP contribution in [0.3, 0.4) is 0 Å². The monoisotopic (exact) mass is 457 g/mol. The fourth-order valence-corrected chi connectivity index (χ4v) is 4.27. The molecule has 33 heavy (non-hydrogen) atoms. The molecule has 1 aromatic heterocycles. The molecule has 172 valence electrons. The second-order valence-corrected chi connectivity index (χ2v) is 8.62. The Morgan fingerprint density at radius 1 is 0.848 bits per heavy atom. The molecule has 6 nitrogen and oxygen atoms in total. The van der Waals surface area contributed by atoms with Gasteiger partial charge in [0.25, 0.3) is 11.8 Å². The van der Waals surface area contributed by atoms with Crippen LogP contribution >= 0.6 is 0 Å². The summed E-state index contributed by atoms with van der Waals surface area (Å²) in [6, 6.07) is 13.1. The number of piperazine rings is 1. The van der Waals surface area contributed by atoms with Gasteiger partial charge in [0.2, 0.25) is 0 Å². The molecule has 9 heteroatoms. The van der Waals surface area contributed by atoms with Crippen LogP contribution in [0.15, 0.2) is 54.7 Å². The van der Waals surface area contributed by atoms with Gasteiger partial charge in [0.1, 0.15) is 5.60 Å². The van der Waals surface area contributed by atoms with Gasteiger partial charge in [-0.3, -0.25) is 14.2 Å². The Morgan fingerprint density at radius 3 is 2.06 bits per heavy atom. The van der Waals surface area contributed by atoms with Crippen molar-refractivity contribution in [2.45, 2.75) is 24.7 Å². The van der Waals surface area contributed by atoms with Crippen molar-refractivity contribution in [3.63, 3.8) is 0 Å². The maximum absolute atomic E-state index is 13.1. The number of hydrogen-bond acceptors (Lipinski definition) is 3. The van der Waals surface area contributed by atoms with E-state index >= 15 is 0 Å². The number of nitrogens with zero attached hydrogens (tertiary/aromatic N) is 3. The predicted octanol–water partition coefficient (Wildman–Crippen LogP) is 3.59. The third-order valence-electron chi connectivity index (χ3n) is 6.40. The van der Waals surface area contributed by atoms with Crippen LogP contribution in [-0.4, -0.2) is 63.1 Å². The molecule has 0 radical (unpaired) electrons. The van der Waals surface area contributed by atoms with E-state index in [1.807, 2.05) is 0 Å². The van der Waals surface area contributed by atoms with Crippen molar-refractivity contribution in [3.8, 4) is 11.1 Å². The highest BCUT2D eigenvalue weighted by Crippen LogP contribution is 2.37. The molecule has 2 amide bonds. The van der Waals surface area contributed by atoms with E-state index in [0.29, 0.717) is 50.0 Å². The van der Waals surface area contributed by atoms with Gasteiger partial charge in [0, 0.05) is 43.3 Å². The Morgan fingerprint density at radius 2 is 1.45 bits per heavy atom. The zero-order valence-electron chi connectivity index (χ0n) is 17.7. The van der Waals surface area contributed by atoms with Crippen LogP contribution in [0, 0.1) is 0 Å². The van der Waals surface area contributed by atoms with E-state index in [1.165, 1.54) is 12.1 Å². The molecule has 1 aliphatic heterocycles. The average molecular weight is 457 g/mol. The Labute approximate surface area is 187 Å². The number of alkyl halides is 3. The van der Waals surface area contributed by atoms with Crippen LogP contribution < -0.4 is 0 Å². The summed E-state index contributed by atoms with van der Waals surface area (Å²) in [5.41, 5.74) is 0.946. The molecule has 0 atom stereocenters. The molecule has 1 N–H and O–H groups in total. The number of carbonyl (C=O) groups is 2. The maximum Gasteiger partial charge on any atom is 0.488 e. The first-order chi connectivity index (χ1) is 15.7. The normalized spacial score (nSPS) is 17.9. The van der Waals surface area contributed by atoms with Gasteiger partial charge in [-0.1, -0.05) is 18.2 Å². The lowest BCUT2D eigenvalue weighted by Crippen LogP contribution is -2.53. The number of halogens is 3. The zero-order chi connectivity index (χ0) is 23.4. The van der Waals surface area contributed by atoms with Crippen molar-refractivity contribution in [2.75, 3.05) is 26.2 Å². The van der Waals surface area contributed by atoms with E-state index in [9.17, 15) is 27.9 Å². The van der Waals surface area contributed by atoms with Crippen molar-refractivity contribution in [2.24, 2.45) is 0 Å². The zero-order valence-corrected chi connectivity index (χ0v) is 17.7. The van der Waals surface area contributed by atoms with Gasteiger partial charge in [0.15, 0.2) is 0 Å². The smallest absolute Gasteiger partial charge is 0.380 e. The highest BCUT2D eigenvalue weighted by atomic mass is 19.4. The SMILES string of the molecule is O=C(c1ccc(-c2ccc3c(ccn3C(F)(F)F)c2)cc1)N1CCN(C(=O)C2(O)CC2)CC1. The quantitative estimate of drug-likeness (QED) is 0.654. The molecule has 5 rings (SSSR count). The van der Waals surface area contributed by atoms with Crippen molar-refractivity contribution >= 4 is 22.7 Å². The fourth-order valence-electron chi connectivity index (χ4n) is 4.27. The van der Waals surface area contributed by atoms with Crippen molar-refractivity contribution in [3.05, 3.63) is 60.3 Å². The number of rotatable bonds is 3. The second kappa shape index (κ2) is 7.62. The molecular weight excluding hydrogens is 435 g/mol. The van der Waals surface area contributed by atoms with Gasteiger partial charge < -0.3 is 14.9 Å². The van der Waals surface area contributed by atoms with Gasteiger partial charge in [-0.25, -0.2) is 0 Å². The molecule has 1 saturated carbocycles. The van der Waals surface area contributed by atoms with E-state index in [4.69, 9.17) is 0 Å². The minimum Gasteiger partial charge on any atom is -0.380 e. The number of benzene rings is 2. The van der Waals surface area contributed by atoms with Gasteiger partial charge >= 0.3 is 6.30 Å². The summed E-state index contributed by atoms with van der Waals surface area (Å²) >= 11 is 0. The first-order valence-corrected chi connectivity index (χ1v) is 10.8. The molecule has 0 unspecified atom stereocenters. The molecular formula is C24H22F3N3O3. The number of amides is 2. The average Bonchev–Trinajstić information content (AvgIpc) is 3.41. The molecule has 1 saturated heterocycles. The number of fused-ring (bicyclic) bond motifs is 1. The molecule has 2 aromatic carbocycles. The van der Waals surface area contributed by atoms with Crippen molar-refractivity contribution in [1.29, 1.82) is 0 Å². The molecule has 1 aliphatic carbocycles. The van der Waals surface area contributed by atoms with E-state index in [0.717, 1.165) is 17.3 Å². The minimum absolute atomic E-state index is 0.0875. The summed E-state index contributed by atoms with van der Waals surface area (Å²) in [4.78, 5) is 28.4. The highest BCUT2D eigenvalue weighted by Gasteiger charge is 2.50. The maximum atomic E-state index is 13.1. The fraction of sp³-hybridized carbons (Fsp3) is 0.333. The van der Waals surface area contributed by atoms with Crippen LogP contribution in [0.2, 0.25) is 0 Å². The molecule has 2 aliphatic rings. The van der Waals surface area contributed by atoms with Gasteiger partial charge in [-0.15, -0.1) is 13.2 Å². The van der Waals surface area contributed by atoms with Gasteiger partial charge in [-0.2, -0.15) is 0 Å². The summed E-state index contributed by atoms with van der Waals surface area (Å²) in [5.74, 6) is -0.391. The van der Waals surface area contributed by atoms with Crippen LogP contribution in [0.1, 0.15) is 23.2 Å². The minimum atomic E-state index is -4.47. The Kier molecular flexibility index (Phi) is 4.97. The number of aliphatic hydroxyl groups is 1. The third kappa shape index (κ3) is 3.97. The third-order valence-corrected chi connectivity index (χ3v) is 6.40. The largest absolute Gasteiger partial charge is 0.488 e. The van der Waals surface area contributed by atoms with E-state index in [-0.39, 0.29) is 21.9 Å². The molecule has 0 spiro atoms. The summed E-state index contributed by atoms with van der Waals surface area (Å²) in [5, 5.41) is 10.5.